The minimum absolute atomic E-state index is 0.415. The fraction of sp³-hybridized carbons (Fsp3) is 0.364. The summed E-state index contributed by atoms with van der Waals surface area (Å²) >= 11 is 1.84. The normalized spacial score (nSPS) is 16.5. The van der Waals surface area contributed by atoms with E-state index in [1.807, 2.05) is 17.4 Å². The lowest BCUT2D eigenvalue weighted by Gasteiger charge is -2.34. The lowest BCUT2D eigenvalue weighted by molar-refractivity contribution is 0.0168. The van der Waals surface area contributed by atoms with Crippen LogP contribution in [-0.4, -0.2) is 44.9 Å². The van der Waals surface area contributed by atoms with Crippen molar-refractivity contribution >= 4 is 22.1 Å². The summed E-state index contributed by atoms with van der Waals surface area (Å²) < 4.78 is 10.8. The van der Waals surface area contributed by atoms with Crippen LogP contribution in [0.1, 0.15) is 16.5 Å². The zero-order valence-electron chi connectivity index (χ0n) is 15.7. The number of morpholine rings is 1. The maximum atomic E-state index is 5.53. The van der Waals surface area contributed by atoms with Gasteiger partial charge in [-0.2, -0.15) is 0 Å². The second-order valence-electron chi connectivity index (χ2n) is 6.86. The van der Waals surface area contributed by atoms with Crippen molar-refractivity contribution in [1.29, 1.82) is 0 Å². The van der Waals surface area contributed by atoms with E-state index in [-0.39, 0.29) is 0 Å². The first-order valence-corrected chi connectivity index (χ1v) is 10.3. The molecule has 1 unspecified atom stereocenters. The van der Waals surface area contributed by atoms with Crippen molar-refractivity contribution in [3.63, 3.8) is 0 Å². The minimum Gasteiger partial charge on any atom is -0.497 e. The van der Waals surface area contributed by atoms with Crippen LogP contribution in [-0.2, 0) is 11.3 Å². The molecule has 2 heterocycles. The largest absolute Gasteiger partial charge is 0.497 e. The number of benzene rings is 2. The molecule has 0 spiro atoms. The van der Waals surface area contributed by atoms with Crippen molar-refractivity contribution in [1.82, 2.24) is 10.2 Å². The summed E-state index contributed by atoms with van der Waals surface area (Å²) in [7, 11) is 1.71. The molecule has 0 bridgehead atoms. The first-order chi connectivity index (χ1) is 13.3. The van der Waals surface area contributed by atoms with Crippen LogP contribution < -0.4 is 10.1 Å². The highest BCUT2D eigenvalue weighted by Crippen LogP contribution is 2.26. The van der Waals surface area contributed by atoms with E-state index in [0.29, 0.717) is 6.04 Å². The summed E-state index contributed by atoms with van der Waals surface area (Å²) in [6, 6.07) is 17.7. The van der Waals surface area contributed by atoms with Gasteiger partial charge in [-0.25, -0.2) is 0 Å². The maximum absolute atomic E-state index is 5.53. The molecule has 0 amide bonds. The Morgan fingerprint density at radius 2 is 1.93 bits per heavy atom. The molecule has 1 fully saturated rings. The minimum atomic E-state index is 0.415. The van der Waals surface area contributed by atoms with Crippen LogP contribution in [0.15, 0.2) is 53.9 Å². The summed E-state index contributed by atoms with van der Waals surface area (Å²) in [5.41, 5.74) is 1.31. The Morgan fingerprint density at radius 1 is 1.11 bits per heavy atom. The van der Waals surface area contributed by atoms with E-state index in [0.717, 1.165) is 45.1 Å². The molecule has 0 saturated carbocycles. The number of nitrogens with one attached hydrogen (secondary N) is 1. The maximum Gasteiger partial charge on any atom is 0.119 e. The summed E-state index contributed by atoms with van der Waals surface area (Å²) in [6.45, 7) is 5.48. The van der Waals surface area contributed by atoms with Gasteiger partial charge in [-0.3, -0.25) is 4.90 Å². The summed E-state index contributed by atoms with van der Waals surface area (Å²) in [6.07, 6.45) is 0. The van der Waals surface area contributed by atoms with E-state index in [1.54, 1.807) is 7.11 Å². The van der Waals surface area contributed by atoms with Gasteiger partial charge >= 0.3 is 0 Å². The molecule has 1 aliphatic rings. The molecule has 2 aromatic carbocycles. The monoisotopic (exact) mass is 382 g/mol. The molecule has 1 atom stereocenters. The van der Waals surface area contributed by atoms with Gasteiger partial charge in [-0.1, -0.05) is 24.3 Å². The van der Waals surface area contributed by atoms with Crippen molar-refractivity contribution in [3.8, 4) is 5.75 Å². The van der Waals surface area contributed by atoms with Crippen molar-refractivity contribution < 1.29 is 9.47 Å². The van der Waals surface area contributed by atoms with Crippen LogP contribution in [0.3, 0.4) is 0 Å². The molecular formula is C22H26N2O2S. The van der Waals surface area contributed by atoms with Gasteiger partial charge in [0.2, 0.25) is 0 Å². The van der Waals surface area contributed by atoms with E-state index < -0.39 is 0 Å². The number of rotatable bonds is 7. The van der Waals surface area contributed by atoms with Gasteiger partial charge < -0.3 is 14.8 Å². The predicted molar refractivity (Wildman–Crippen MR) is 112 cm³/mol. The zero-order valence-corrected chi connectivity index (χ0v) is 16.5. The molecule has 1 N–H and O–H groups in total. The molecule has 0 radical (unpaired) electrons. The number of nitrogens with zero attached hydrogens (tertiary/aromatic N) is 1. The molecule has 1 aliphatic heterocycles. The number of hydrogen-bond acceptors (Lipinski definition) is 5. The standard InChI is InChI=1S/C22H26N2O2S/c1-25-20-7-6-18-13-17(4-5-19(18)14-20)15-23-16-21(22-3-2-12-27-22)24-8-10-26-11-9-24/h2-7,12-14,21,23H,8-11,15-16H2,1H3. The molecule has 4 rings (SSSR count). The van der Waals surface area contributed by atoms with Gasteiger partial charge in [-0.05, 0) is 46.0 Å². The second kappa shape index (κ2) is 8.85. The van der Waals surface area contributed by atoms with Crippen LogP contribution >= 0.6 is 11.3 Å². The van der Waals surface area contributed by atoms with Crippen LogP contribution in [0.5, 0.6) is 5.75 Å². The number of hydrogen-bond donors (Lipinski definition) is 1. The number of ether oxygens (including phenoxy) is 2. The molecule has 1 saturated heterocycles. The number of fused-ring (bicyclic) bond motifs is 1. The average molecular weight is 383 g/mol. The molecule has 5 heteroatoms. The van der Waals surface area contributed by atoms with Gasteiger partial charge in [0.25, 0.3) is 0 Å². The summed E-state index contributed by atoms with van der Waals surface area (Å²) in [4.78, 5) is 3.96. The number of thiophene rings is 1. The van der Waals surface area contributed by atoms with Gasteiger partial charge in [0.05, 0.1) is 26.4 Å². The molecule has 4 nitrogen and oxygen atoms in total. The molecule has 0 aliphatic carbocycles. The van der Waals surface area contributed by atoms with Crippen LogP contribution in [0.4, 0.5) is 0 Å². The molecule has 142 valence electrons. The third-order valence-corrected chi connectivity index (χ3v) is 6.11. The second-order valence-corrected chi connectivity index (χ2v) is 7.84. The van der Waals surface area contributed by atoms with Crippen LogP contribution in [0, 0.1) is 0 Å². The Kier molecular flexibility index (Phi) is 6.04. The van der Waals surface area contributed by atoms with Gasteiger partial charge in [0.1, 0.15) is 5.75 Å². The smallest absolute Gasteiger partial charge is 0.119 e. The van der Waals surface area contributed by atoms with Crippen molar-refractivity contribution in [2.24, 2.45) is 0 Å². The van der Waals surface area contributed by atoms with Crippen LogP contribution in [0.2, 0.25) is 0 Å². The average Bonchev–Trinajstić information content (AvgIpc) is 3.26. The number of methoxy groups -OCH3 is 1. The molecular weight excluding hydrogens is 356 g/mol. The first-order valence-electron chi connectivity index (χ1n) is 9.46. The molecule has 1 aromatic heterocycles. The van der Waals surface area contributed by atoms with Gasteiger partial charge in [-0.15, -0.1) is 11.3 Å². The SMILES string of the molecule is COc1ccc2cc(CNCC(c3cccs3)N3CCOCC3)ccc2c1. The Balaban J connectivity index is 1.41. The van der Waals surface area contributed by atoms with E-state index >= 15 is 0 Å². The Hall–Kier alpha value is -1.92. The zero-order chi connectivity index (χ0) is 18.5. The molecule has 27 heavy (non-hydrogen) atoms. The highest BCUT2D eigenvalue weighted by molar-refractivity contribution is 7.10. The van der Waals surface area contributed by atoms with Gasteiger partial charge in [0, 0.05) is 31.1 Å². The highest BCUT2D eigenvalue weighted by atomic mass is 32.1. The van der Waals surface area contributed by atoms with E-state index in [2.05, 4.69) is 58.1 Å². The fourth-order valence-corrected chi connectivity index (χ4v) is 4.50. The lowest BCUT2D eigenvalue weighted by Crippen LogP contribution is -2.42. The van der Waals surface area contributed by atoms with Crippen molar-refractivity contribution in [3.05, 3.63) is 64.4 Å². The summed E-state index contributed by atoms with van der Waals surface area (Å²) in [5.74, 6) is 0.901. The topological polar surface area (TPSA) is 33.7 Å². The van der Waals surface area contributed by atoms with Crippen molar-refractivity contribution in [2.75, 3.05) is 40.0 Å². The Bertz CT molecular complexity index is 860. The Labute approximate surface area is 164 Å². The Morgan fingerprint density at radius 3 is 2.70 bits per heavy atom. The summed E-state index contributed by atoms with van der Waals surface area (Å²) in [5, 5.41) is 8.30. The quantitative estimate of drug-likeness (QED) is 0.668. The third kappa shape index (κ3) is 4.50. The molecule has 3 aromatic rings. The highest BCUT2D eigenvalue weighted by Gasteiger charge is 2.23. The van der Waals surface area contributed by atoms with Gasteiger partial charge in [0.15, 0.2) is 0 Å². The van der Waals surface area contributed by atoms with E-state index in [1.165, 1.54) is 21.2 Å². The first kappa shape index (κ1) is 18.4. The fourth-order valence-electron chi connectivity index (χ4n) is 3.64. The lowest BCUT2D eigenvalue weighted by atomic mass is 10.1. The third-order valence-electron chi connectivity index (χ3n) is 5.14. The van der Waals surface area contributed by atoms with Crippen molar-refractivity contribution in [2.45, 2.75) is 12.6 Å². The predicted octanol–water partition coefficient (Wildman–Crippen LogP) is 4.07. The van der Waals surface area contributed by atoms with E-state index in [9.17, 15) is 0 Å². The van der Waals surface area contributed by atoms with E-state index in [4.69, 9.17) is 9.47 Å². The van der Waals surface area contributed by atoms with Crippen LogP contribution in [0.25, 0.3) is 10.8 Å².